The van der Waals surface area contributed by atoms with Gasteiger partial charge in [0.25, 0.3) is 0 Å². The molecule has 1 atom stereocenters. The first kappa shape index (κ1) is 12.8. The zero-order valence-corrected chi connectivity index (χ0v) is 9.99. The molecule has 5 nitrogen and oxygen atoms in total. The summed E-state index contributed by atoms with van der Waals surface area (Å²) >= 11 is 0. The second kappa shape index (κ2) is 5.18. The van der Waals surface area contributed by atoms with Gasteiger partial charge < -0.3 is 16.3 Å². The van der Waals surface area contributed by atoms with Gasteiger partial charge in [0.1, 0.15) is 0 Å². The molecule has 1 unspecified atom stereocenters. The van der Waals surface area contributed by atoms with Gasteiger partial charge in [0.05, 0.1) is 5.92 Å². The van der Waals surface area contributed by atoms with E-state index in [4.69, 9.17) is 10.9 Å². The van der Waals surface area contributed by atoms with Crippen molar-refractivity contribution in [1.29, 1.82) is 0 Å². The lowest BCUT2D eigenvalue weighted by Crippen LogP contribution is -2.45. The van der Waals surface area contributed by atoms with Gasteiger partial charge in [-0.15, -0.1) is 0 Å². The molecule has 1 aliphatic rings. The van der Waals surface area contributed by atoms with Crippen molar-refractivity contribution >= 4 is 11.7 Å². The molecule has 1 rings (SSSR count). The lowest BCUT2D eigenvalue weighted by atomic mass is 9.70. The molecule has 1 fully saturated rings. The molecule has 0 saturated heterocycles. The molecule has 1 aliphatic carbocycles. The number of nitrogens with zero attached hydrogens (tertiary/aromatic N) is 1. The smallest absolute Gasteiger partial charge is 0.230 e. The molecule has 0 aliphatic heterocycles. The van der Waals surface area contributed by atoms with E-state index in [0.717, 1.165) is 12.8 Å². The maximum absolute atomic E-state index is 11.8. The van der Waals surface area contributed by atoms with Gasteiger partial charge in [-0.25, -0.2) is 0 Å². The van der Waals surface area contributed by atoms with Gasteiger partial charge in [0.2, 0.25) is 5.91 Å². The summed E-state index contributed by atoms with van der Waals surface area (Å²) in [6.45, 7) is 4.69. The highest BCUT2D eigenvalue weighted by Crippen LogP contribution is 2.39. The van der Waals surface area contributed by atoms with Gasteiger partial charge in [-0.05, 0) is 24.7 Å². The highest BCUT2D eigenvalue weighted by molar-refractivity contribution is 6.01. The van der Waals surface area contributed by atoms with E-state index in [1.54, 1.807) is 0 Å². The van der Waals surface area contributed by atoms with Crippen molar-refractivity contribution in [2.45, 2.75) is 39.5 Å². The third-order valence-electron chi connectivity index (χ3n) is 3.45. The lowest BCUT2D eigenvalue weighted by molar-refractivity contribution is -0.124. The summed E-state index contributed by atoms with van der Waals surface area (Å²) in [6.07, 6.45) is 4.10. The third-order valence-corrected chi connectivity index (χ3v) is 3.45. The molecule has 0 heterocycles. The summed E-state index contributed by atoms with van der Waals surface area (Å²) in [5.74, 6) is -0.682. The van der Waals surface area contributed by atoms with Crippen LogP contribution in [0.5, 0.6) is 0 Å². The van der Waals surface area contributed by atoms with Crippen LogP contribution in [-0.4, -0.2) is 23.5 Å². The Bertz CT molecular complexity index is 285. The minimum absolute atomic E-state index is 0.0150. The van der Waals surface area contributed by atoms with Crippen LogP contribution in [0.1, 0.15) is 39.5 Å². The number of carbonyl (C=O) groups is 1. The molecule has 0 aromatic carbocycles. The fourth-order valence-electron chi connectivity index (χ4n) is 1.98. The van der Waals surface area contributed by atoms with E-state index < -0.39 is 5.92 Å². The number of nitrogens with two attached hydrogens (primary N) is 1. The minimum atomic E-state index is -0.520. The van der Waals surface area contributed by atoms with Gasteiger partial charge in [-0.2, -0.15) is 0 Å². The van der Waals surface area contributed by atoms with Crippen LogP contribution in [0.2, 0.25) is 0 Å². The average molecular weight is 227 g/mol. The molecule has 0 aromatic rings. The predicted molar refractivity (Wildman–Crippen MR) is 62.2 cm³/mol. The van der Waals surface area contributed by atoms with Crippen molar-refractivity contribution in [3.05, 3.63) is 0 Å². The summed E-state index contributed by atoms with van der Waals surface area (Å²) in [5.41, 5.74) is 5.70. The quantitative estimate of drug-likeness (QED) is 0.284. The lowest BCUT2D eigenvalue weighted by Gasteiger charge is -2.38. The van der Waals surface area contributed by atoms with E-state index in [1.165, 1.54) is 6.42 Å². The van der Waals surface area contributed by atoms with Crippen LogP contribution in [0.4, 0.5) is 0 Å². The number of hydrogen-bond donors (Lipinski definition) is 3. The molecule has 16 heavy (non-hydrogen) atoms. The standard InChI is InChI=1S/C11H21N3O2/c1-3-8(9(12)14-16)10(15)13-7-11(2)5-4-6-11/h8,16H,3-7H2,1-2H3,(H2,12,14)(H,13,15). The van der Waals surface area contributed by atoms with Gasteiger partial charge in [0.15, 0.2) is 5.84 Å². The Hall–Kier alpha value is -1.26. The Balaban J connectivity index is 2.43. The average Bonchev–Trinajstić information content (AvgIpc) is 2.24. The minimum Gasteiger partial charge on any atom is -0.409 e. The maximum atomic E-state index is 11.8. The summed E-state index contributed by atoms with van der Waals surface area (Å²) in [7, 11) is 0. The summed E-state index contributed by atoms with van der Waals surface area (Å²) < 4.78 is 0. The monoisotopic (exact) mass is 227 g/mol. The van der Waals surface area contributed by atoms with Crippen LogP contribution in [0.25, 0.3) is 0 Å². The number of rotatable bonds is 5. The highest BCUT2D eigenvalue weighted by atomic mass is 16.4. The number of amides is 1. The van der Waals surface area contributed by atoms with Gasteiger partial charge in [0, 0.05) is 6.54 Å². The van der Waals surface area contributed by atoms with Gasteiger partial charge in [-0.1, -0.05) is 25.4 Å². The second-order valence-corrected chi connectivity index (χ2v) is 4.87. The fraction of sp³-hybridized carbons (Fsp3) is 0.818. The van der Waals surface area contributed by atoms with Gasteiger partial charge >= 0.3 is 0 Å². The maximum Gasteiger partial charge on any atom is 0.230 e. The van der Waals surface area contributed by atoms with E-state index in [1.807, 2.05) is 6.92 Å². The zero-order chi connectivity index (χ0) is 12.2. The zero-order valence-electron chi connectivity index (χ0n) is 9.99. The van der Waals surface area contributed by atoms with Crippen LogP contribution < -0.4 is 11.1 Å². The number of amidine groups is 1. The summed E-state index contributed by atoms with van der Waals surface area (Å²) in [4.78, 5) is 11.8. The molecule has 0 spiro atoms. The molecule has 5 heteroatoms. The number of nitrogens with one attached hydrogen (secondary N) is 1. The van der Waals surface area contributed by atoms with Crippen molar-refractivity contribution in [1.82, 2.24) is 5.32 Å². The van der Waals surface area contributed by atoms with Crippen molar-refractivity contribution < 1.29 is 10.0 Å². The molecule has 0 bridgehead atoms. The first-order valence-electron chi connectivity index (χ1n) is 5.77. The molecular formula is C11H21N3O2. The van der Waals surface area contributed by atoms with Crippen molar-refractivity contribution in [3.63, 3.8) is 0 Å². The predicted octanol–water partition coefficient (Wildman–Crippen LogP) is 1.07. The first-order valence-corrected chi connectivity index (χ1v) is 5.77. The number of hydrogen-bond acceptors (Lipinski definition) is 3. The summed E-state index contributed by atoms with van der Waals surface area (Å²) in [6, 6.07) is 0. The van der Waals surface area contributed by atoms with Crippen LogP contribution in [0.3, 0.4) is 0 Å². The normalized spacial score (nSPS) is 21.0. The van der Waals surface area contributed by atoms with Crippen LogP contribution in [0.15, 0.2) is 5.16 Å². The van der Waals surface area contributed by atoms with E-state index in [0.29, 0.717) is 13.0 Å². The van der Waals surface area contributed by atoms with E-state index >= 15 is 0 Å². The Morgan fingerprint density at radius 3 is 2.62 bits per heavy atom. The Morgan fingerprint density at radius 1 is 1.62 bits per heavy atom. The molecular weight excluding hydrogens is 206 g/mol. The van der Waals surface area contributed by atoms with Crippen molar-refractivity contribution in [2.75, 3.05) is 6.54 Å². The highest BCUT2D eigenvalue weighted by Gasteiger charge is 2.33. The molecule has 1 saturated carbocycles. The molecule has 4 N–H and O–H groups in total. The van der Waals surface area contributed by atoms with Crippen molar-refractivity contribution in [3.8, 4) is 0 Å². The van der Waals surface area contributed by atoms with E-state index in [-0.39, 0.29) is 17.2 Å². The molecule has 1 amide bonds. The molecule has 0 aromatic heterocycles. The van der Waals surface area contributed by atoms with Crippen LogP contribution in [0, 0.1) is 11.3 Å². The first-order chi connectivity index (χ1) is 7.52. The van der Waals surface area contributed by atoms with E-state index in [2.05, 4.69) is 17.4 Å². The third kappa shape index (κ3) is 2.87. The van der Waals surface area contributed by atoms with Crippen LogP contribution >= 0.6 is 0 Å². The fourth-order valence-corrected chi connectivity index (χ4v) is 1.98. The SMILES string of the molecule is CCC(C(=O)NCC1(C)CCC1)C(N)=NO. The number of carbonyl (C=O) groups excluding carboxylic acids is 1. The Morgan fingerprint density at radius 2 is 2.25 bits per heavy atom. The topological polar surface area (TPSA) is 87.7 Å². The van der Waals surface area contributed by atoms with E-state index in [9.17, 15) is 4.79 Å². The summed E-state index contributed by atoms with van der Waals surface area (Å²) in [5, 5.41) is 14.3. The molecule has 0 radical (unpaired) electrons. The second-order valence-electron chi connectivity index (χ2n) is 4.87. The van der Waals surface area contributed by atoms with Crippen LogP contribution in [-0.2, 0) is 4.79 Å². The molecule has 92 valence electrons. The van der Waals surface area contributed by atoms with Crippen molar-refractivity contribution in [2.24, 2.45) is 22.2 Å². The largest absolute Gasteiger partial charge is 0.409 e. The number of oxime groups is 1. The Labute approximate surface area is 96.1 Å². The Kier molecular flexibility index (Phi) is 4.15. The van der Waals surface area contributed by atoms with Gasteiger partial charge in [-0.3, -0.25) is 4.79 Å².